The third-order valence-corrected chi connectivity index (χ3v) is 11.6. The summed E-state index contributed by atoms with van der Waals surface area (Å²) in [6, 6.07) is 0. The first-order valence-corrected chi connectivity index (χ1v) is 13.1. The molecule has 1 unspecified atom stereocenters. The van der Waals surface area contributed by atoms with Crippen molar-refractivity contribution in [3.63, 3.8) is 0 Å². The molecule has 0 amide bonds. The summed E-state index contributed by atoms with van der Waals surface area (Å²) in [5.74, 6) is 4.58. The van der Waals surface area contributed by atoms with Crippen molar-refractivity contribution in [1.29, 1.82) is 0 Å². The number of fused-ring (bicyclic) bond motifs is 7. The van der Waals surface area contributed by atoms with Crippen molar-refractivity contribution in [2.45, 2.75) is 103 Å². The van der Waals surface area contributed by atoms with Gasteiger partial charge in [0, 0.05) is 12.5 Å². The first-order valence-electron chi connectivity index (χ1n) is 13.1. The molecule has 2 aliphatic heterocycles. The summed E-state index contributed by atoms with van der Waals surface area (Å²) < 4.78 is 7.00. The van der Waals surface area contributed by atoms with Crippen LogP contribution < -0.4 is 5.32 Å². The smallest absolute Gasteiger partial charge is 0.122 e. The molecule has 2 N–H and O–H groups in total. The van der Waals surface area contributed by atoms with Crippen LogP contribution in [0.15, 0.2) is 11.6 Å². The van der Waals surface area contributed by atoms with Gasteiger partial charge in [0.25, 0.3) is 0 Å². The number of hydrogen-bond acceptors (Lipinski definition) is 3. The molecule has 0 aromatic carbocycles. The van der Waals surface area contributed by atoms with Crippen LogP contribution in [0.4, 0.5) is 0 Å². The van der Waals surface area contributed by atoms with Crippen molar-refractivity contribution in [3.05, 3.63) is 11.6 Å². The predicted molar refractivity (Wildman–Crippen MR) is 120 cm³/mol. The molecule has 4 aliphatic carbocycles. The fourth-order valence-electron chi connectivity index (χ4n) is 9.84. The van der Waals surface area contributed by atoms with Gasteiger partial charge in [0.05, 0.1) is 12.2 Å². The van der Waals surface area contributed by atoms with Gasteiger partial charge in [0.2, 0.25) is 0 Å². The molecule has 11 atom stereocenters. The molecule has 2 heterocycles. The average Bonchev–Trinajstić information content (AvgIpc) is 3.16. The molecule has 0 bridgehead atoms. The van der Waals surface area contributed by atoms with Crippen LogP contribution in [0.1, 0.15) is 85.5 Å². The quantitative estimate of drug-likeness (QED) is 0.530. The highest BCUT2D eigenvalue weighted by atomic mass is 16.5. The maximum absolute atomic E-state index is 10.3. The average molecular weight is 414 g/mol. The van der Waals surface area contributed by atoms with Gasteiger partial charge in [-0.15, -0.1) is 0 Å². The van der Waals surface area contributed by atoms with Crippen LogP contribution in [0.3, 0.4) is 0 Å². The zero-order chi connectivity index (χ0) is 20.9. The Bertz CT molecular complexity index is 739. The first-order chi connectivity index (χ1) is 14.3. The second-order valence-corrected chi connectivity index (χ2v) is 12.8. The van der Waals surface area contributed by atoms with Gasteiger partial charge in [-0.2, -0.15) is 0 Å². The summed E-state index contributed by atoms with van der Waals surface area (Å²) in [7, 11) is 0. The third kappa shape index (κ3) is 2.55. The predicted octanol–water partition coefficient (Wildman–Crippen LogP) is 5.29. The Balaban J connectivity index is 1.28. The minimum absolute atomic E-state index is 0.0439. The first kappa shape index (κ1) is 20.2. The van der Waals surface area contributed by atoms with E-state index in [1.165, 1.54) is 44.9 Å². The fraction of sp³-hybridized carbons (Fsp3) is 0.926. The molecule has 0 aromatic heterocycles. The second-order valence-electron chi connectivity index (χ2n) is 12.8. The Kier molecular flexibility index (Phi) is 4.44. The summed E-state index contributed by atoms with van der Waals surface area (Å²) in [4.78, 5) is 0. The molecule has 30 heavy (non-hydrogen) atoms. The third-order valence-electron chi connectivity index (χ3n) is 11.6. The fourth-order valence-corrected chi connectivity index (χ4v) is 9.84. The second kappa shape index (κ2) is 6.58. The standard InChI is InChI=1S/C27H43NO2/c1-16-7-12-27(28-15-16)17(2)24-23(30-27)14-22-20-6-5-18-13-19(29)8-10-25(18,3)21(20)9-11-26(22,24)4/h5,16-17,19-24,28-29H,6-15H2,1-4H3/t16-,17+,19-,20+,21-,22-,23-,24-,25-,26-,27?/m0/s1. The molecule has 0 aromatic rings. The maximum atomic E-state index is 10.3. The largest absolute Gasteiger partial charge is 0.393 e. The van der Waals surface area contributed by atoms with Gasteiger partial charge in [0.15, 0.2) is 0 Å². The van der Waals surface area contributed by atoms with E-state index in [1.54, 1.807) is 5.57 Å². The van der Waals surface area contributed by atoms with E-state index in [0.717, 1.165) is 49.0 Å². The molecule has 6 rings (SSSR count). The number of aliphatic hydroxyl groups excluding tert-OH is 1. The van der Waals surface area contributed by atoms with Crippen LogP contribution in [0.2, 0.25) is 0 Å². The molecule has 6 aliphatic rings. The van der Waals surface area contributed by atoms with Gasteiger partial charge in [-0.3, -0.25) is 5.32 Å². The summed E-state index contributed by atoms with van der Waals surface area (Å²) in [6.07, 6.45) is 13.8. The summed E-state index contributed by atoms with van der Waals surface area (Å²) in [5, 5.41) is 14.1. The number of rotatable bonds is 0. The van der Waals surface area contributed by atoms with Crippen molar-refractivity contribution in [1.82, 2.24) is 5.32 Å². The monoisotopic (exact) mass is 413 g/mol. The van der Waals surface area contributed by atoms with Crippen LogP contribution in [0.25, 0.3) is 0 Å². The number of ether oxygens (including phenoxy) is 1. The Morgan fingerprint density at radius 1 is 1.07 bits per heavy atom. The van der Waals surface area contributed by atoms with Gasteiger partial charge in [-0.1, -0.05) is 39.3 Å². The number of nitrogens with one attached hydrogen (secondary N) is 1. The summed E-state index contributed by atoms with van der Waals surface area (Å²) >= 11 is 0. The lowest BCUT2D eigenvalue weighted by Crippen LogP contribution is -2.57. The van der Waals surface area contributed by atoms with E-state index < -0.39 is 0 Å². The van der Waals surface area contributed by atoms with E-state index in [1.807, 2.05) is 0 Å². The van der Waals surface area contributed by atoms with Gasteiger partial charge < -0.3 is 9.84 Å². The van der Waals surface area contributed by atoms with E-state index >= 15 is 0 Å². The highest BCUT2D eigenvalue weighted by molar-refractivity contribution is 5.26. The molecule has 3 nitrogen and oxygen atoms in total. The summed E-state index contributed by atoms with van der Waals surface area (Å²) in [5.41, 5.74) is 2.33. The van der Waals surface area contributed by atoms with Gasteiger partial charge in [-0.25, -0.2) is 0 Å². The number of hydrogen-bond donors (Lipinski definition) is 2. The number of aliphatic hydroxyl groups is 1. The normalized spacial score (nSPS) is 59.8. The highest BCUT2D eigenvalue weighted by Gasteiger charge is 2.68. The molecular formula is C27H43NO2. The van der Waals surface area contributed by atoms with E-state index in [-0.39, 0.29) is 11.8 Å². The van der Waals surface area contributed by atoms with Crippen molar-refractivity contribution >= 4 is 0 Å². The molecule has 3 saturated carbocycles. The van der Waals surface area contributed by atoms with E-state index in [4.69, 9.17) is 4.74 Å². The molecule has 2 saturated heterocycles. The van der Waals surface area contributed by atoms with Crippen molar-refractivity contribution < 1.29 is 9.84 Å². The zero-order valence-electron chi connectivity index (χ0n) is 19.6. The van der Waals surface area contributed by atoms with Crippen LogP contribution in [0.5, 0.6) is 0 Å². The number of piperidine rings is 1. The topological polar surface area (TPSA) is 41.5 Å². The Morgan fingerprint density at radius 3 is 2.67 bits per heavy atom. The van der Waals surface area contributed by atoms with Crippen LogP contribution in [-0.2, 0) is 4.74 Å². The lowest BCUT2D eigenvalue weighted by atomic mass is 9.47. The van der Waals surface area contributed by atoms with Crippen LogP contribution in [-0.4, -0.2) is 29.6 Å². The van der Waals surface area contributed by atoms with Gasteiger partial charge >= 0.3 is 0 Å². The zero-order valence-corrected chi connectivity index (χ0v) is 19.6. The minimum atomic E-state index is -0.100. The van der Waals surface area contributed by atoms with Crippen LogP contribution >= 0.6 is 0 Å². The van der Waals surface area contributed by atoms with Crippen molar-refractivity contribution in [2.24, 2.45) is 46.3 Å². The Hall–Kier alpha value is -0.380. The van der Waals surface area contributed by atoms with Crippen LogP contribution in [0, 0.1) is 46.3 Å². The Labute approximate surface area is 183 Å². The SMILES string of the molecule is C[C@H]1CCC2(NC1)O[C@H]1C[C@H]3[C@@H]4CC=C5C[C@@H](O)CC[C@]5(C)[C@H]4CC[C@]3(C)[C@H]1[C@H]2C. The van der Waals surface area contributed by atoms with Gasteiger partial charge in [0.1, 0.15) is 5.72 Å². The molecule has 168 valence electrons. The lowest BCUT2D eigenvalue weighted by molar-refractivity contribution is -0.115. The maximum Gasteiger partial charge on any atom is 0.122 e. The van der Waals surface area contributed by atoms with Crippen molar-refractivity contribution in [3.8, 4) is 0 Å². The van der Waals surface area contributed by atoms with Crippen molar-refractivity contribution in [2.75, 3.05) is 6.54 Å². The van der Waals surface area contributed by atoms with E-state index in [0.29, 0.717) is 22.9 Å². The molecule has 5 fully saturated rings. The molecule has 1 spiro atoms. The van der Waals surface area contributed by atoms with E-state index in [9.17, 15) is 5.11 Å². The number of allylic oxidation sites excluding steroid dienone is 1. The molecule has 0 radical (unpaired) electrons. The Morgan fingerprint density at radius 2 is 1.90 bits per heavy atom. The lowest BCUT2D eigenvalue weighted by Gasteiger charge is -2.58. The van der Waals surface area contributed by atoms with E-state index in [2.05, 4.69) is 39.1 Å². The summed E-state index contributed by atoms with van der Waals surface area (Å²) in [6.45, 7) is 11.2. The highest BCUT2D eigenvalue weighted by Crippen LogP contribution is 2.70. The molecular weight excluding hydrogens is 370 g/mol. The minimum Gasteiger partial charge on any atom is -0.393 e. The van der Waals surface area contributed by atoms with Gasteiger partial charge in [-0.05, 0) is 98.2 Å². The molecule has 3 heteroatoms.